The molecule has 1 heterocycles. The van der Waals surface area contributed by atoms with Crippen LogP contribution in [-0.4, -0.2) is 48.4 Å². The number of halogens is 3. The van der Waals surface area contributed by atoms with Crippen molar-refractivity contribution < 1.29 is 32.2 Å². The predicted molar refractivity (Wildman–Crippen MR) is 67.5 cm³/mol. The lowest BCUT2D eigenvalue weighted by Crippen LogP contribution is -2.49. The summed E-state index contributed by atoms with van der Waals surface area (Å²) in [5.41, 5.74) is -3.48. The molecule has 122 valence electrons. The number of likely N-dealkylation sites (tertiary alicyclic amines) is 1. The summed E-state index contributed by atoms with van der Waals surface area (Å²) in [5.74, 6) is -1.34. The summed E-state index contributed by atoms with van der Waals surface area (Å²) in [4.78, 5) is 24.5. The molecule has 1 unspecified atom stereocenters. The Hall–Kier alpha value is -1.47. The minimum Gasteiger partial charge on any atom is -0.465 e. The van der Waals surface area contributed by atoms with Gasteiger partial charge in [-0.1, -0.05) is 0 Å². The molecule has 1 rings (SSSR count). The summed E-state index contributed by atoms with van der Waals surface area (Å²) in [6, 6.07) is 0. The summed E-state index contributed by atoms with van der Waals surface area (Å²) in [5, 5.41) is 0. The molecule has 0 aromatic heterocycles. The van der Waals surface area contributed by atoms with Crippen molar-refractivity contribution in [2.75, 3.05) is 19.7 Å². The topological polar surface area (TPSA) is 55.8 Å². The van der Waals surface area contributed by atoms with Crippen LogP contribution in [0.25, 0.3) is 0 Å². The number of alkyl halides is 3. The Bertz CT molecular complexity index is 417. The Morgan fingerprint density at radius 2 is 1.81 bits per heavy atom. The van der Waals surface area contributed by atoms with E-state index in [9.17, 15) is 22.8 Å². The second-order valence-corrected chi connectivity index (χ2v) is 5.95. The monoisotopic (exact) mass is 311 g/mol. The molecule has 0 N–H and O–H groups in total. The molecule has 1 aliphatic heterocycles. The van der Waals surface area contributed by atoms with Gasteiger partial charge in [-0.3, -0.25) is 4.79 Å². The zero-order chi connectivity index (χ0) is 16.5. The molecule has 0 saturated carbocycles. The van der Waals surface area contributed by atoms with Crippen LogP contribution >= 0.6 is 0 Å². The number of hydrogen-bond donors (Lipinski definition) is 0. The molecule has 1 atom stereocenters. The van der Waals surface area contributed by atoms with E-state index in [1.807, 2.05) is 0 Å². The van der Waals surface area contributed by atoms with Gasteiger partial charge in [0.1, 0.15) is 5.60 Å². The summed E-state index contributed by atoms with van der Waals surface area (Å²) in [6.07, 6.45) is -6.16. The number of esters is 1. The Labute approximate surface area is 121 Å². The minimum absolute atomic E-state index is 0.150. The van der Waals surface area contributed by atoms with E-state index in [4.69, 9.17) is 4.74 Å². The molecule has 0 radical (unpaired) electrons. The SMILES string of the molecule is CCOC(=O)C1(C(F)(F)F)CCN(C(=O)OC(C)(C)C)C1. The van der Waals surface area contributed by atoms with Gasteiger partial charge in [-0.05, 0) is 34.1 Å². The average molecular weight is 311 g/mol. The summed E-state index contributed by atoms with van der Waals surface area (Å²) >= 11 is 0. The standard InChI is InChI=1S/C13H20F3NO4/c1-5-20-9(18)12(13(14,15)16)6-7-17(8-12)10(19)21-11(2,3)4/h5-8H2,1-4H3. The molecule has 1 fully saturated rings. The van der Waals surface area contributed by atoms with Crippen LogP contribution in [0.15, 0.2) is 0 Å². The Kier molecular flexibility index (Phi) is 4.80. The van der Waals surface area contributed by atoms with Gasteiger partial charge in [-0.25, -0.2) is 4.79 Å². The minimum atomic E-state index is -4.78. The summed E-state index contributed by atoms with van der Waals surface area (Å²) in [6.45, 7) is 5.15. The van der Waals surface area contributed by atoms with E-state index in [2.05, 4.69) is 4.74 Å². The third kappa shape index (κ3) is 3.79. The van der Waals surface area contributed by atoms with Crippen LogP contribution in [0.5, 0.6) is 0 Å². The van der Waals surface area contributed by atoms with Crippen molar-refractivity contribution in [2.45, 2.75) is 45.9 Å². The van der Waals surface area contributed by atoms with Crippen LogP contribution in [0.4, 0.5) is 18.0 Å². The molecule has 1 saturated heterocycles. The maximum absolute atomic E-state index is 13.3. The van der Waals surface area contributed by atoms with Crippen LogP contribution in [0.3, 0.4) is 0 Å². The van der Waals surface area contributed by atoms with Crippen molar-refractivity contribution in [1.82, 2.24) is 4.90 Å². The molecule has 0 aromatic carbocycles. The molecular formula is C13H20F3NO4. The second kappa shape index (κ2) is 5.73. The van der Waals surface area contributed by atoms with E-state index in [0.717, 1.165) is 4.90 Å². The fourth-order valence-electron chi connectivity index (χ4n) is 2.08. The Morgan fingerprint density at radius 3 is 2.24 bits per heavy atom. The van der Waals surface area contributed by atoms with Crippen LogP contribution in [0.1, 0.15) is 34.1 Å². The molecule has 5 nitrogen and oxygen atoms in total. The lowest BCUT2D eigenvalue weighted by atomic mass is 9.86. The fraction of sp³-hybridized carbons (Fsp3) is 0.846. The molecule has 21 heavy (non-hydrogen) atoms. The van der Waals surface area contributed by atoms with E-state index in [0.29, 0.717) is 0 Å². The maximum Gasteiger partial charge on any atom is 0.410 e. The molecular weight excluding hydrogens is 291 g/mol. The highest BCUT2D eigenvalue weighted by molar-refractivity contribution is 5.80. The largest absolute Gasteiger partial charge is 0.465 e. The normalized spacial score (nSPS) is 23.1. The van der Waals surface area contributed by atoms with Gasteiger partial charge < -0.3 is 14.4 Å². The third-order valence-electron chi connectivity index (χ3n) is 3.13. The lowest BCUT2D eigenvalue weighted by Gasteiger charge is -2.29. The molecule has 8 heteroatoms. The number of hydrogen-bond acceptors (Lipinski definition) is 4. The average Bonchev–Trinajstić information content (AvgIpc) is 2.72. The number of carbonyl (C=O) groups excluding carboxylic acids is 2. The number of rotatable bonds is 2. The van der Waals surface area contributed by atoms with Crippen molar-refractivity contribution in [1.29, 1.82) is 0 Å². The number of amides is 1. The van der Waals surface area contributed by atoms with Gasteiger partial charge in [0, 0.05) is 13.1 Å². The van der Waals surface area contributed by atoms with Crippen molar-refractivity contribution in [3.8, 4) is 0 Å². The van der Waals surface area contributed by atoms with Gasteiger partial charge in [0.05, 0.1) is 6.61 Å². The highest BCUT2D eigenvalue weighted by Crippen LogP contribution is 2.46. The zero-order valence-electron chi connectivity index (χ0n) is 12.5. The number of ether oxygens (including phenoxy) is 2. The van der Waals surface area contributed by atoms with Crippen molar-refractivity contribution in [2.24, 2.45) is 5.41 Å². The second-order valence-electron chi connectivity index (χ2n) is 5.95. The highest BCUT2D eigenvalue weighted by atomic mass is 19.4. The van der Waals surface area contributed by atoms with E-state index < -0.39 is 42.2 Å². The molecule has 0 spiro atoms. The fourth-order valence-corrected chi connectivity index (χ4v) is 2.08. The molecule has 0 aromatic rings. The molecule has 1 aliphatic rings. The molecule has 1 amide bonds. The summed E-state index contributed by atoms with van der Waals surface area (Å²) in [7, 11) is 0. The zero-order valence-corrected chi connectivity index (χ0v) is 12.5. The van der Waals surface area contributed by atoms with Gasteiger partial charge in [0.25, 0.3) is 0 Å². The van der Waals surface area contributed by atoms with Crippen LogP contribution in [-0.2, 0) is 14.3 Å². The van der Waals surface area contributed by atoms with E-state index in [1.165, 1.54) is 6.92 Å². The van der Waals surface area contributed by atoms with E-state index in [-0.39, 0.29) is 13.2 Å². The van der Waals surface area contributed by atoms with Crippen LogP contribution < -0.4 is 0 Å². The number of nitrogens with zero attached hydrogens (tertiary/aromatic N) is 1. The summed E-state index contributed by atoms with van der Waals surface area (Å²) < 4.78 is 49.4. The quantitative estimate of drug-likeness (QED) is 0.736. The van der Waals surface area contributed by atoms with Gasteiger partial charge in [0.15, 0.2) is 5.41 Å². The first-order chi connectivity index (χ1) is 9.43. The smallest absolute Gasteiger partial charge is 0.410 e. The Morgan fingerprint density at radius 1 is 1.24 bits per heavy atom. The van der Waals surface area contributed by atoms with Gasteiger partial charge >= 0.3 is 18.2 Å². The van der Waals surface area contributed by atoms with Crippen molar-refractivity contribution in [3.63, 3.8) is 0 Å². The van der Waals surface area contributed by atoms with E-state index in [1.54, 1.807) is 20.8 Å². The first-order valence-corrected chi connectivity index (χ1v) is 6.65. The van der Waals surface area contributed by atoms with Crippen molar-refractivity contribution in [3.05, 3.63) is 0 Å². The lowest BCUT2D eigenvalue weighted by molar-refractivity contribution is -0.230. The van der Waals surface area contributed by atoms with Gasteiger partial charge in [0.2, 0.25) is 0 Å². The maximum atomic E-state index is 13.3. The number of carbonyl (C=O) groups is 2. The molecule has 0 aliphatic carbocycles. The predicted octanol–water partition coefficient (Wildman–Crippen LogP) is 2.74. The van der Waals surface area contributed by atoms with Crippen LogP contribution in [0.2, 0.25) is 0 Å². The van der Waals surface area contributed by atoms with Crippen LogP contribution in [0, 0.1) is 5.41 Å². The highest BCUT2D eigenvalue weighted by Gasteiger charge is 2.65. The van der Waals surface area contributed by atoms with E-state index >= 15 is 0 Å². The van der Waals surface area contributed by atoms with Crippen molar-refractivity contribution >= 4 is 12.1 Å². The van der Waals surface area contributed by atoms with Gasteiger partial charge in [-0.2, -0.15) is 13.2 Å². The third-order valence-corrected chi connectivity index (χ3v) is 3.13. The Balaban J connectivity index is 2.92. The first kappa shape index (κ1) is 17.6. The molecule has 0 bridgehead atoms. The van der Waals surface area contributed by atoms with Gasteiger partial charge in [-0.15, -0.1) is 0 Å². The first-order valence-electron chi connectivity index (χ1n) is 6.65.